The summed E-state index contributed by atoms with van der Waals surface area (Å²) < 4.78 is 11.5. The van der Waals surface area contributed by atoms with Crippen LogP contribution in [0.2, 0.25) is 0 Å². The molecular formula is C25H29NO2. The van der Waals surface area contributed by atoms with Crippen LogP contribution in [0.5, 0.6) is 11.5 Å². The Balaban J connectivity index is 1.39. The van der Waals surface area contributed by atoms with Gasteiger partial charge in [0, 0.05) is 12.2 Å². The van der Waals surface area contributed by atoms with Crippen LogP contribution in [0.3, 0.4) is 0 Å². The number of hydrogen-bond donors (Lipinski definition) is 1. The lowest BCUT2D eigenvalue weighted by atomic mass is 10.1. The minimum Gasteiger partial charge on any atom is -0.494 e. The van der Waals surface area contributed by atoms with Crippen molar-refractivity contribution in [3.8, 4) is 11.5 Å². The Labute approximate surface area is 168 Å². The Bertz CT molecular complexity index is 811. The van der Waals surface area contributed by atoms with E-state index in [1.54, 1.807) is 0 Å². The molecule has 0 aliphatic heterocycles. The van der Waals surface area contributed by atoms with E-state index in [2.05, 4.69) is 53.8 Å². The largest absolute Gasteiger partial charge is 0.494 e. The maximum absolute atomic E-state index is 5.85. The fourth-order valence-electron chi connectivity index (χ4n) is 2.94. The van der Waals surface area contributed by atoms with Crippen molar-refractivity contribution in [3.05, 3.63) is 90.0 Å². The third-order valence-corrected chi connectivity index (χ3v) is 4.37. The molecule has 3 nitrogen and oxygen atoms in total. The van der Waals surface area contributed by atoms with Crippen LogP contribution in [-0.4, -0.2) is 12.7 Å². The van der Waals surface area contributed by atoms with E-state index in [4.69, 9.17) is 9.47 Å². The summed E-state index contributed by atoms with van der Waals surface area (Å²) in [7, 11) is 0. The normalized spacial score (nSPS) is 10.7. The molecule has 0 unspecified atom stereocenters. The SMILES string of the molecule is CC(C)Oc1ccc(CNc2ccc(OCCCc3ccccc3)cc2)cc1. The maximum Gasteiger partial charge on any atom is 0.119 e. The molecule has 0 heterocycles. The molecule has 0 bridgehead atoms. The fourth-order valence-corrected chi connectivity index (χ4v) is 2.94. The first kappa shape index (κ1) is 19.8. The second-order valence-electron chi connectivity index (χ2n) is 7.13. The van der Waals surface area contributed by atoms with Gasteiger partial charge in [0.15, 0.2) is 0 Å². The van der Waals surface area contributed by atoms with Crippen molar-refractivity contribution >= 4 is 5.69 Å². The summed E-state index contributed by atoms with van der Waals surface area (Å²) in [6.07, 6.45) is 2.25. The molecule has 146 valence electrons. The minimum absolute atomic E-state index is 0.197. The van der Waals surface area contributed by atoms with E-state index in [1.165, 1.54) is 11.1 Å². The monoisotopic (exact) mass is 375 g/mol. The molecular weight excluding hydrogens is 346 g/mol. The quantitative estimate of drug-likeness (QED) is 0.435. The summed E-state index contributed by atoms with van der Waals surface area (Å²) in [4.78, 5) is 0. The summed E-state index contributed by atoms with van der Waals surface area (Å²) in [5.41, 5.74) is 3.66. The first-order valence-electron chi connectivity index (χ1n) is 9.95. The van der Waals surface area contributed by atoms with E-state index in [0.29, 0.717) is 0 Å². The first-order valence-corrected chi connectivity index (χ1v) is 9.95. The van der Waals surface area contributed by atoms with Gasteiger partial charge in [-0.3, -0.25) is 0 Å². The van der Waals surface area contributed by atoms with Crippen LogP contribution in [0.4, 0.5) is 5.69 Å². The summed E-state index contributed by atoms with van der Waals surface area (Å²) in [5.74, 6) is 1.82. The predicted molar refractivity (Wildman–Crippen MR) is 116 cm³/mol. The highest BCUT2D eigenvalue weighted by Gasteiger charge is 2.00. The molecule has 0 saturated carbocycles. The Morgan fingerprint density at radius 1 is 0.750 bits per heavy atom. The van der Waals surface area contributed by atoms with E-state index < -0.39 is 0 Å². The summed E-state index contributed by atoms with van der Waals surface area (Å²) in [6, 6.07) is 26.9. The van der Waals surface area contributed by atoms with E-state index in [9.17, 15) is 0 Å². The summed E-state index contributed by atoms with van der Waals surface area (Å²) in [5, 5.41) is 3.44. The zero-order valence-corrected chi connectivity index (χ0v) is 16.7. The topological polar surface area (TPSA) is 30.5 Å². The van der Waals surface area contributed by atoms with Gasteiger partial charge in [-0.1, -0.05) is 42.5 Å². The third kappa shape index (κ3) is 6.66. The molecule has 0 aromatic heterocycles. The van der Waals surface area contributed by atoms with Gasteiger partial charge < -0.3 is 14.8 Å². The first-order chi connectivity index (χ1) is 13.7. The Morgan fingerprint density at radius 2 is 1.43 bits per heavy atom. The van der Waals surface area contributed by atoms with E-state index in [-0.39, 0.29) is 6.10 Å². The number of nitrogens with one attached hydrogen (secondary N) is 1. The van der Waals surface area contributed by atoms with Gasteiger partial charge in [-0.25, -0.2) is 0 Å². The molecule has 0 fully saturated rings. The average Bonchev–Trinajstić information content (AvgIpc) is 2.72. The molecule has 0 amide bonds. The Hall–Kier alpha value is -2.94. The van der Waals surface area contributed by atoms with Crippen LogP contribution in [0.1, 0.15) is 31.4 Å². The lowest BCUT2D eigenvalue weighted by Crippen LogP contribution is -2.05. The van der Waals surface area contributed by atoms with Crippen molar-refractivity contribution in [1.82, 2.24) is 0 Å². The third-order valence-electron chi connectivity index (χ3n) is 4.37. The Morgan fingerprint density at radius 3 is 2.11 bits per heavy atom. The van der Waals surface area contributed by atoms with Crippen LogP contribution in [0.25, 0.3) is 0 Å². The highest BCUT2D eigenvalue weighted by Crippen LogP contribution is 2.18. The van der Waals surface area contributed by atoms with Crippen molar-refractivity contribution in [1.29, 1.82) is 0 Å². The van der Waals surface area contributed by atoms with Crippen molar-refractivity contribution in [2.24, 2.45) is 0 Å². The lowest BCUT2D eigenvalue weighted by molar-refractivity contribution is 0.242. The standard InChI is InChI=1S/C25H29NO2/c1-20(2)28-25-14-10-22(11-15-25)19-26-23-12-16-24(17-13-23)27-18-6-9-21-7-4-3-5-8-21/h3-5,7-8,10-17,20,26H,6,9,18-19H2,1-2H3. The predicted octanol–water partition coefficient (Wildman–Crippen LogP) is 6.10. The zero-order chi connectivity index (χ0) is 19.6. The molecule has 3 aromatic carbocycles. The second kappa shape index (κ2) is 10.4. The van der Waals surface area contributed by atoms with Gasteiger partial charge in [0.25, 0.3) is 0 Å². The molecule has 0 saturated heterocycles. The smallest absolute Gasteiger partial charge is 0.119 e. The summed E-state index contributed by atoms with van der Waals surface area (Å²) in [6.45, 7) is 5.57. The molecule has 0 atom stereocenters. The minimum atomic E-state index is 0.197. The second-order valence-corrected chi connectivity index (χ2v) is 7.13. The van der Waals surface area contributed by atoms with Gasteiger partial charge in [0.1, 0.15) is 11.5 Å². The molecule has 28 heavy (non-hydrogen) atoms. The Kier molecular flexibility index (Phi) is 7.36. The van der Waals surface area contributed by atoms with Crippen molar-refractivity contribution in [2.45, 2.75) is 39.3 Å². The van der Waals surface area contributed by atoms with Crippen LogP contribution >= 0.6 is 0 Å². The molecule has 0 spiro atoms. The zero-order valence-electron chi connectivity index (χ0n) is 16.7. The number of benzene rings is 3. The van der Waals surface area contributed by atoms with Crippen molar-refractivity contribution in [3.63, 3.8) is 0 Å². The average molecular weight is 376 g/mol. The van der Waals surface area contributed by atoms with Gasteiger partial charge in [-0.15, -0.1) is 0 Å². The van der Waals surface area contributed by atoms with Gasteiger partial charge in [0.2, 0.25) is 0 Å². The number of aryl methyl sites for hydroxylation is 1. The number of anilines is 1. The van der Waals surface area contributed by atoms with Gasteiger partial charge in [-0.05, 0) is 74.2 Å². The van der Waals surface area contributed by atoms with Crippen molar-refractivity contribution < 1.29 is 9.47 Å². The van der Waals surface area contributed by atoms with Crippen LogP contribution in [0, 0.1) is 0 Å². The molecule has 3 rings (SSSR count). The number of hydrogen-bond acceptors (Lipinski definition) is 3. The van der Waals surface area contributed by atoms with Gasteiger partial charge in [0.05, 0.1) is 12.7 Å². The van der Waals surface area contributed by atoms with E-state index in [1.807, 2.05) is 44.2 Å². The molecule has 1 N–H and O–H groups in total. The van der Waals surface area contributed by atoms with Crippen LogP contribution < -0.4 is 14.8 Å². The number of rotatable bonds is 10. The highest BCUT2D eigenvalue weighted by atomic mass is 16.5. The molecule has 0 radical (unpaired) electrons. The fraction of sp³-hybridized carbons (Fsp3) is 0.280. The maximum atomic E-state index is 5.85. The molecule has 3 aromatic rings. The van der Waals surface area contributed by atoms with Gasteiger partial charge >= 0.3 is 0 Å². The van der Waals surface area contributed by atoms with Crippen molar-refractivity contribution in [2.75, 3.05) is 11.9 Å². The number of ether oxygens (including phenoxy) is 2. The van der Waals surface area contributed by atoms with Crippen LogP contribution in [0.15, 0.2) is 78.9 Å². The van der Waals surface area contributed by atoms with Gasteiger partial charge in [-0.2, -0.15) is 0 Å². The van der Waals surface area contributed by atoms with E-state index >= 15 is 0 Å². The van der Waals surface area contributed by atoms with E-state index in [0.717, 1.165) is 43.2 Å². The molecule has 0 aliphatic rings. The molecule has 3 heteroatoms. The molecule has 0 aliphatic carbocycles. The van der Waals surface area contributed by atoms with Crippen LogP contribution in [-0.2, 0) is 13.0 Å². The highest BCUT2D eigenvalue weighted by molar-refractivity contribution is 5.47. The lowest BCUT2D eigenvalue weighted by Gasteiger charge is -2.11. The summed E-state index contributed by atoms with van der Waals surface area (Å²) >= 11 is 0.